The standard InChI is InChI=1S/C16H20N2O5/c1-3-13(20)8-9-14(16(22)23)18-15(21)11-4-6-12(7-5-11)17-10(2)19/h4-7,14H,3,8-9H2,1-2H3,(H,17,19)(H,18,21)(H,22,23)/t14-/m0/s1. The Hall–Kier alpha value is -2.70. The lowest BCUT2D eigenvalue weighted by Crippen LogP contribution is -2.41. The maximum atomic E-state index is 12.1. The molecule has 0 radical (unpaired) electrons. The highest BCUT2D eigenvalue weighted by molar-refractivity contribution is 5.97. The monoisotopic (exact) mass is 320 g/mol. The summed E-state index contributed by atoms with van der Waals surface area (Å²) >= 11 is 0. The summed E-state index contributed by atoms with van der Waals surface area (Å²) in [6.07, 6.45) is 0.498. The second kappa shape index (κ2) is 8.67. The van der Waals surface area contributed by atoms with Crippen molar-refractivity contribution in [2.45, 2.75) is 39.2 Å². The zero-order valence-corrected chi connectivity index (χ0v) is 13.1. The number of ketones is 1. The van der Waals surface area contributed by atoms with E-state index in [1.54, 1.807) is 19.1 Å². The van der Waals surface area contributed by atoms with Crippen LogP contribution in [0.25, 0.3) is 0 Å². The number of aliphatic carboxylic acids is 1. The highest BCUT2D eigenvalue weighted by Gasteiger charge is 2.21. The minimum Gasteiger partial charge on any atom is -0.480 e. The van der Waals surface area contributed by atoms with E-state index in [9.17, 15) is 19.2 Å². The molecule has 0 aliphatic carbocycles. The summed E-state index contributed by atoms with van der Waals surface area (Å²) in [7, 11) is 0. The van der Waals surface area contributed by atoms with Crippen molar-refractivity contribution in [2.75, 3.05) is 5.32 Å². The van der Waals surface area contributed by atoms with Crippen LogP contribution < -0.4 is 10.6 Å². The molecule has 0 saturated heterocycles. The van der Waals surface area contributed by atoms with Crippen LogP contribution in [0.2, 0.25) is 0 Å². The lowest BCUT2D eigenvalue weighted by molar-refractivity contribution is -0.139. The van der Waals surface area contributed by atoms with Crippen molar-refractivity contribution in [2.24, 2.45) is 0 Å². The molecule has 7 nitrogen and oxygen atoms in total. The molecule has 0 fully saturated rings. The molecule has 23 heavy (non-hydrogen) atoms. The van der Waals surface area contributed by atoms with Crippen molar-refractivity contribution in [1.29, 1.82) is 0 Å². The zero-order valence-electron chi connectivity index (χ0n) is 13.1. The summed E-state index contributed by atoms with van der Waals surface area (Å²) in [6.45, 7) is 3.07. The van der Waals surface area contributed by atoms with Crippen molar-refractivity contribution in [3.05, 3.63) is 29.8 Å². The quantitative estimate of drug-likeness (QED) is 0.673. The average molecular weight is 320 g/mol. The largest absolute Gasteiger partial charge is 0.480 e. The maximum absolute atomic E-state index is 12.1. The van der Waals surface area contributed by atoms with Gasteiger partial charge in [0.2, 0.25) is 5.91 Å². The van der Waals surface area contributed by atoms with Crippen molar-refractivity contribution in [3.63, 3.8) is 0 Å². The number of benzene rings is 1. The van der Waals surface area contributed by atoms with Crippen LogP contribution in [0, 0.1) is 0 Å². The molecule has 1 atom stereocenters. The molecule has 0 aromatic heterocycles. The highest BCUT2D eigenvalue weighted by atomic mass is 16.4. The molecule has 124 valence electrons. The van der Waals surface area contributed by atoms with Gasteiger partial charge in [0.05, 0.1) is 0 Å². The minimum atomic E-state index is -1.18. The predicted molar refractivity (Wildman–Crippen MR) is 84.2 cm³/mol. The summed E-state index contributed by atoms with van der Waals surface area (Å²) in [5.41, 5.74) is 0.810. The Morgan fingerprint density at radius 2 is 1.74 bits per heavy atom. The third kappa shape index (κ3) is 6.29. The number of nitrogens with one attached hydrogen (secondary N) is 2. The third-order valence-electron chi connectivity index (χ3n) is 3.18. The van der Waals surface area contributed by atoms with Crippen LogP contribution in [0.15, 0.2) is 24.3 Å². The normalized spacial score (nSPS) is 11.4. The first-order chi connectivity index (χ1) is 10.8. The topological polar surface area (TPSA) is 113 Å². The van der Waals surface area contributed by atoms with Gasteiger partial charge in [0.1, 0.15) is 11.8 Å². The number of carbonyl (C=O) groups excluding carboxylic acids is 3. The molecule has 0 heterocycles. The van der Waals surface area contributed by atoms with Gasteiger partial charge in [0.15, 0.2) is 0 Å². The van der Waals surface area contributed by atoms with Gasteiger partial charge in [-0.2, -0.15) is 0 Å². The van der Waals surface area contributed by atoms with E-state index in [0.717, 1.165) is 0 Å². The summed E-state index contributed by atoms with van der Waals surface area (Å²) in [4.78, 5) is 45.4. The molecule has 7 heteroatoms. The van der Waals surface area contributed by atoms with Gasteiger partial charge in [-0.05, 0) is 30.7 Å². The van der Waals surface area contributed by atoms with E-state index >= 15 is 0 Å². The fraction of sp³-hybridized carbons (Fsp3) is 0.375. The zero-order chi connectivity index (χ0) is 17.4. The van der Waals surface area contributed by atoms with E-state index in [1.807, 2.05) is 0 Å². The summed E-state index contributed by atoms with van der Waals surface area (Å²) in [5.74, 6) is -2.01. The molecule has 1 rings (SSSR count). The first-order valence-corrected chi connectivity index (χ1v) is 7.26. The van der Waals surface area contributed by atoms with E-state index in [1.165, 1.54) is 19.1 Å². The Kier molecular flexibility index (Phi) is 6.92. The number of carboxylic acid groups (broad SMARTS) is 1. The van der Waals surface area contributed by atoms with E-state index in [0.29, 0.717) is 12.1 Å². The molecule has 1 aromatic rings. The molecule has 0 unspecified atom stereocenters. The van der Waals surface area contributed by atoms with Crippen molar-refractivity contribution in [1.82, 2.24) is 5.32 Å². The van der Waals surface area contributed by atoms with Crippen LogP contribution in [0.5, 0.6) is 0 Å². The van der Waals surface area contributed by atoms with Crippen LogP contribution in [0.3, 0.4) is 0 Å². The minimum absolute atomic E-state index is 0.0508. The van der Waals surface area contributed by atoms with Crippen LogP contribution in [0.4, 0.5) is 5.69 Å². The Labute approximate surface area is 134 Å². The van der Waals surface area contributed by atoms with Gasteiger partial charge in [-0.3, -0.25) is 14.4 Å². The molecule has 3 N–H and O–H groups in total. The number of carbonyl (C=O) groups is 4. The second-order valence-corrected chi connectivity index (χ2v) is 5.05. The number of carboxylic acids is 1. The van der Waals surface area contributed by atoms with Gasteiger partial charge in [0, 0.05) is 31.0 Å². The Balaban J connectivity index is 2.69. The molecule has 0 spiro atoms. The van der Waals surface area contributed by atoms with E-state index in [2.05, 4.69) is 10.6 Å². The highest BCUT2D eigenvalue weighted by Crippen LogP contribution is 2.10. The van der Waals surface area contributed by atoms with E-state index < -0.39 is 17.9 Å². The molecule has 0 bridgehead atoms. The maximum Gasteiger partial charge on any atom is 0.326 e. The first-order valence-electron chi connectivity index (χ1n) is 7.26. The van der Waals surface area contributed by atoms with Crippen LogP contribution in [0.1, 0.15) is 43.5 Å². The Morgan fingerprint density at radius 1 is 1.13 bits per heavy atom. The van der Waals surface area contributed by atoms with Crippen molar-refractivity contribution >= 4 is 29.3 Å². The van der Waals surface area contributed by atoms with E-state index in [-0.39, 0.29) is 30.1 Å². The van der Waals surface area contributed by atoms with Gasteiger partial charge in [-0.1, -0.05) is 6.92 Å². The molecular weight excluding hydrogens is 300 g/mol. The number of rotatable bonds is 8. The fourth-order valence-electron chi connectivity index (χ4n) is 1.89. The smallest absolute Gasteiger partial charge is 0.326 e. The molecule has 0 aliphatic heterocycles. The van der Waals surface area contributed by atoms with Crippen LogP contribution >= 0.6 is 0 Å². The molecule has 0 saturated carbocycles. The van der Waals surface area contributed by atoms with Crippen LogP contribution in [-0.2, 0) is 14.4 Å². The average Bonchev–Trinajstić information content (AvgIpc) is 2.50. The van der Waals surface area contributed by atoms with E-state index in [4.69, 9.17) is 5.11 Å². The van der Waals surface area contributed by atoms with Gasteiger partial charge in [-0.15, -0.1) is 0 Å². The lowest BCUT2D eigenvalue weighted by atomic mass is 10.1. The van der Waals surface area contributed by atoms with Crippen LogP contribution in [-0.4, -0.2) is 34.7 Å². The molecule has 1 aromatic carbocycles. The van der Waals surface area contributed by atoms with Gasteiger partial charge >= 0.3 is 5.97 Å². The predicted octanol–water partition coefficient (Wildman–Crippen LogP) is 1.59. The lowest BCUT2D eigenvalue weighted by Gasteiger charge is -2.14. The number of Topliss-reactive ketones (excluding diaryl/α,β-unsaturated/α-hetero) is 1. The van der Waals surface area contributed by atoms with Gasteiger partial charge in [0.25, 0.3) is 5.91 Å². The van der Waals surface area contributed by atoms with Gasteiger partial charge < -0.3 is 15.7 Å². The number of hydrogen-bond donors (Lipinski definition) is 3. The fourth-order valence-corrected chi connectivity index (χ4v) is 1.89. The molecule has 2 amide bonds. The SMILES string of the molecule is CCC(=O)CC[C@H](NC(=O)c1ccc(NC(C)=O)cc1)C(=O)O. The first kappa shape index (κ1) is 18.3. The summed E-state index contributed by atoms with van der Waals surface area (Å²) in [6, 6.07) is 4.94. The number of amides is 2. The second-order valence-electron chi connectivity index (χ2n) is 5.05. The summed E-state index contributed by atoms with van der Waals surface area (Å²) in [5, 5.41) is 14.1. The molecular formula is C16H20N2O5. The molecule has 0 aliphatic rings. The third-order valence-corrected chi connectivity index (χ3v) is 3.18. The Morgan fingerprint density at radius 3 is 2.22 bits per heavy atom. The Bertz CT molecular complexity index is 595. The number of anilines is 1. The summed E-state index contributed by atoms with van der Waals surface area (Å²) < 4.78 is 0. The van der Waals surface area contributed by atoms with Gasteiger partial charge in [-0.25, -0.2) is 4.79 Å². The van der Waals surface area contributed by atoms with Crippen molar-refractivity contribution in [3.8, 4) is 0 Å². The van der Waals surface area contributed by atoms with Crippen molar-refractivity contribution < 1.29 is 24.3 Å². The number of hydrogen-bond acceptors (Lipinski definition) is 4.